The van der Waals surface area contributed by atoms with Crippen molar-refractivity contribution < 1.29 is 18.0 Å². The quantitative estimate of drug-likeness (QED) is 0.579. The van der Waals surface area contributed by atoms with Gasteiger partial charge in [-0.25, -0.2) is 9.67 Å². The lowest BCUT2D eigenvalue weighted by Gasteiger charge is -2.06. The molecule has 28 heavy (non-hydrogen) atoms. The van der Waals surface area contributed by atoms with Crippen LogP contribution in [0.4, 0.5) is 19.1 Å². The lowest BCUT2D eigenvalue weighted by molar-refractivity contribution is -0.142. The van der Waals surface area contributed by atoms with Crippen LogP contribution in [0.3, 0.4) is 0 Å². The van der Waals surface area contributed by atoms with Crippen molar-refractivity contribution in [3.63, 3.8) is 0 Å². The molecule has 0 atom stereocenters. The molecule has 1 aromatic carbocycles. The van der Waals surface area contributed by atoms with E-state index in [2.05, 4.69) is 36.4 Å². The summed E-state index contributed by atoms with van der Waals surface area (Å²) in [6.45, 7) is 0.189. The minimum absolute atomic E-state index is 0.102. The van der Waals surface area contributed by atoms with Gasteiger partial charge in [0.15, 0.2) is 5.69 Å². The molecular formula is C15H10BrCl2F3N6O. The van der Waals surface area contributed by atoms with E-state index in [0.29, 0.717) is 15.6 Å². The molecule has 0 aliphatic heterocycles. The highest BCUT2D eigenvalue weighted by Gasteiger charge is 2.39. The molecule has 0 spiro atoms. The molecule has 1 amide bonds. The smallest absolute Gasteiger partial charge is 0.288 e. The number of rotatable bonds is 4. The van der Waals surface area contributed by atoms with Crippen LogP contribution in [0.5, 0.6) is 0 Å². The van der Waals surface area contributed by atoms with Crippen LogP contribution >= 0.6 is 39.1 Å². The zero-order valence-electron chi connectivity index (χ0n) is 13.9. The Kier molecular flexibility index (Phi) is 5.69. The summed E-state index contributed by atoms with van der Waals surface area (Å²) in [5.41, 5.74) is -0.914. The van der Waals surface area contributed by atoms with Gasteiger partial charge in [-0.15, -0.1) is 5.10 Å². The minimum atomic E-state index is -4.71. The normalized spacial score (nSPS) is 11.7. The van der Waals surface area contributed by atoms with Crippen LogP contribution in [0.2, 0.25) is 10.0 Å². The van der Waals surface area contributed by atoms with E-state index < -0.39 is 22.3 Å². The Labute approximate surface area is 174 Å². The van der Waals surface area contributed by atoms with Gasteiger partial charge in [0, 0.05) is 22.7 Å². The number of hydrogen-bond acceptors (Lipinski definition) is 4. The highest BCUT2D eigenvalue weighted by molar-refractivity contribution is 9.10. The summed E-state index contributed by atoms with van der Waals surface area (Å²) >= 11 is 15.0. The third-order valence-corrected chi connectivity index (χ3v) is 5.08. The van der Waals surface area contributed by atoms with Crippen LogP contribution in [0.25, 0.3) is 0 Å². The topological polar surface area (TPSA) is 77.6 Å². The average Bonchev–Trinajstić information content (AvgIpc) is 3.14. The summed E-state index contributed by atoms with van der Waals surface area (Å²) in [5, 5.41) is 10.6. The SMILES string of the molecule is Cn1nc(C(F)(F)F)c(Br)c1C(=O)Nc1ncn(Cc2c(Cl)cccc2Cl)n1. The van der Waals surface area contributed by atoms with E-state index in [1.165, 1.54) is 18.1 Å². The lowest BCUT2D eigenvalue weighted by Crippen LogP contribution is -2.17. The molecule has 0 radical (unpaired) electrons. The van der Waals surface area contributed by atoms with Crippen LogP contribution in [0.1, 0.15) is 21.7 Å². The molecule has 0 aliphatic carbocycles. The molecule has 2 aromatic heterocycles. The van der Waals surface area contributed by atoms with Gasteiger partial charge in [0.05, 0.1) is 11.0 Å². The molecule has 0 aliphatic rings. The summed E-state index contributed by atoms with van der Waals surface area (Å²) in [7, 11) is 1.22. The van der Waals surface area contributed by atoms with Gasteiger partial charge < -0.3 is 0 Å². The molecule has 2 heterocycles. The predicted octanol–water partition coefficient (Wildman–Crippen LogP) is 4.40. The third-order valence-electron chi connectivity index (χ3n) is 3.62. The molecule has 0 fully saturated rings. The van der Waals surface area contributed by atoms with E-state index >= 15 is 0 Å². The molecule has 7 nitrogen and oxygen atoms in total. The van der Waals surface area contributed by atoms with Crippen molar-refractivity contribution in [2.75, 3.05) is 5.32 Å². The average molecular weight is 498 g/mol. The Morgan fingerprint density at radius 1 is 1.25 bits per heavy atom. The Morgan fingerprint density at radius 2 is 1.89 bits per heavy atom. The Balaban J connectivity index is 1.79. The fourth-order valence-corrected chi connectivity index (χ4v) is 3.62. The molecule has 0 bridgehead atoms. The zero-order chi connectivity index (χ0) is 20.6. The Morgan fingerprint density at radius 3 is 2.46 bits per heavy atom. The number of nitrogens with one attached hydrogen (secondary N) is 1. The number of carbonyl (C=O) groups is 1. The van der Waals surface area contributed by atoms with Gasteiger partial charge in [-0.1, -0.05) is 29.3 Å². The first-order valence-corrected chi connectivity index (χ1v) is 9.06. The van der Waals surface area contributed by atoms with Gasteiger partial charge in [-0.2, -0.15) is 18.3 Å². The van der Waals surface area contributed by atoms with E-state index in [1.54, 1.807) is 18.2 Å². The highest BCUT2D eigenvalue weighted by Crippen LogP contribution is 2.35. The molecule has 3 rings (SSSR count). The van der Waals surface area contributed by atoms with Crippen LogP contribution in [0.15, 0.2) is 29.0 Å². The number of carbonyl (C=O) groups excluding carboxylic acids is 1. The number of amides is 1. The molecule has 0 saturated heterocycles. The second-order valence-corrected chi connectivity index (χ2v) is 7.16. The first-order valence-electron chi connectivity index (χ1n) is 7.51. The van der Waals surface area contributed by atoms with Crippen LogP contribution in [-0.2, 0) is 19.8 Å². The molecule has 148 valence electrons. The van der Waals surface area contributed by atoms with E-state index in [-0.39, 0.29) is 18.2 Å². The van der Waals surface area contributed by atoms with Crippen molar-refractivity contribution >= 4 is 51.0 Å². The second-order valence-electron chi connectivity index (χ2n) is 5.55. The van der Waals surface area contributed by atoms with Gasteiger partial charge in [0.1, 0.15) is 12.0 Å². The fraction of sp³-hybridized carbons (Fsp3) is 0.200. The fourth-order valence-electron chi connectivity index (χ4n) is 2.36. The molecule has 13 heteroatoms. The Bertz CT molecular complexity index is 1030. The van der Waals surface area contributed by atoms with E-state index in [0.717, 1.165) is 4.68 Å². The number of benzene rings is 1. The molecule has 3 aromatic rings. The molecule has 1 N–H and O–H groups in total. The largest absolute Gasteiger partial charge is 0.436 e. The van der Waals surface area contributed by atoms with Crippen LogP contribution < -0.4 is 5.32 Å². The number of halogens is 6. The summed E-state index contributed by atoms with van der Waals surface area (Å²) < 4.78 is 40.5. The van der Waals surface area contributed by atoms with Gasteiger partial charge in [-0.05, 0) is 28.1 Å². The number of anilines is 1. The molecular weight excluding hydrogens is 488 g/mol. The summed E-state index contributed by atoms with van der Waals surface area (Å²) in [5.74, 6) is -0.958. The lowest BCUT2D eigenvalue weighted by atomic mass is 10.2. The number of aryl methyl sites for hydroxylation is 1. The number of hydrogen-bond donors (Lipinski definition) is 1. The summed E-state index contributed by atoms with van der Waals surface area (Å²) in [6.07, 6.45) is -3.38. The highest BCUT2D eigenvalue weighted by atomic mass is 79.9. The monoisotopic (exact) mass is 496 g/mol. The van der Waals surface area contributed by atoms with E-state index in [1.807, 2.05) is 0 Å². The Hall–Kier alpha value is -2.11. The number of nitrogens with zero attached hydrogens (tertiary/aromatic N) is 5. The molecule has 0 saturated carbocycles. The summed E-state index contributed by atoms with van der Waals surface area (Å²) in [6, 6.07) is 5.03. The number of aromatic nitrogens is 5. The van der Waals surface area contributed by atoms with Gasteiger partial charge >= 0.3 is 6.18 Å². The minimum Gasteiger partial charge on any atom is -0.288 e. The van der Waals surface area contributed by atoms with Crippen LogP contribution in [-0.4, -0.2) is 30.5 Å². The van der Waals surface area contributed by atoms with Gasteiger partial charge in [0.25, 0.3) is 5.91 Å². The van der Waals surface area contributed by atoms with E-state index in [9.17, 15) is 18.0 Å². The first-order chi connectivity index (χ1) is 13.1. The zero-order valence-corrected chi connectivity index (χ0v) is 17.0. The van der Waals surface area contributed by atoms with Crippen molar-refractivity contribution in [1.82, 2.24) is 24.5 Å². The van der Waals surface area contributed by atoms with Crippen molar-refractivity contribution in [2.45, 2.75) is 12.7 Å². The van der Waals surface area contributed by atoms with Crippen molar-refractivity contribution in [2.24, 2.45) is 7.05 Å². The maximum Gasteiger partial charge on any atom is 0.436 e. The summed E-state index contributed by atoms with van der Waals surface area (Å²) in [4.78, 5) is 16.3. The standard InChI is InChI=1S/C15H10BrCl2F3N6O/c1-26-11(10(16)12(24-26)15(19,20)21)13(28)23-14-22-6-27(25-14)5-7-8(17)3-2-4-9(7)18/h2-4,6H,5H2,1H3,(H,23,25,28). The first kappa shape index (κ1) is 20.6. The molecule has 0 unspecified atom stereocenters. The van der Waals surface area contributed by atoms with Crippen LogP contribution in [0, 0.1) is 0 Å². The van der Waals surface area contributed by atoms with Crippen molar-refractivity contribution in [3.05, 3.63) is 56.0 Å². The second kappa shape index (κ2) is 7.72. The van der Waals surface area contributed by atoms with Crippen molar-refractivity contribution in [3.8, 4) is 0 Å². The van der Waals surface area contributed by atoms with Crippen molar-refractivity contribution in [1.29, 1.82) is 0 Å². The maximum atomic E-state index is 12.9. The van der Waals surface area contributed by atoms with Gasteiger partial charge in [-0.3, -0.25) is 14.8 Å². The third kappa shape index (κ3) is 4.15. The van der Waals surface area contributed by atoms with E-state index in [4.69, 9.17) is 23.2 Å². The predicted molar refractivity (Wildman–Crippen MR) is 99.4 cm³/mol. The van der Waals surface area contributed by atoms with Gasteiger partial charge in [0.2, 0.25) is 5.95 Å². The number of alkyl halides is 3. The maximum absolute atomic E-state index is 12.9.